The smallest absolute Gasteiger partial charge is 0.226 e. The van der Waals surface area contributed by atoms with Crippen molar-refractivity contribution in [1.29, 1.82) is 0 Å². The quantitative estimate of drug-likeness (QED) is 0.590. The summed E-state index contributed by atoms with van der Waals surface area (Å²) < 4.78 is 7.58. The molecule has 0 aliphatic rings. The summed E-state index contributed by atoms with van der Waals surface area (Å²) in [4.78, 5) is 17.0. The van der Waals surface area contributed by atoms with E-state index >= 15 is 0 Å². The number of oxazole rings is 1. The topological polar surface area (TPSA) is 85.3 Å². The number of benzene rings is 1. The standard InChI is InChI=1S/C20H19N5O2/c1-13(19-24-23-17-10-6-7-11-25(17)19)21-18(26)12-16-14(2)27-20(22-16)15-8-4-3-5-9-15/h3-11,13H,12H2,1-2H3,(H,21,26)/t13-/m0/s1. The number of nitrogens with zero attached hydrogens (tertiary/aromatic N) is 4. The third-order valence-electron chi connectivity index (χ3n) is 4.35. The van der Waals surface area contributed by atoms with Gasteiger partial charge < -0.3 is 9.73 Å². The summed E-state index contributed by atoms with van der Waals surface area (Å²) in [7, 11) is 0. The van der Waals surface area contributed by atoms with Gasteiger partial charge in [-0.3, -0.25) is 9.20 Å². The molecule has 4 rings (SSSR count). The molecule has 0 bridgehead atoms. The van der Waals surface area contributed by atoms with Gasteiger partial charge in [0.15, 0.2) is 11.5 Å². The molecule has 0 fully saturated rings. The molecule has 0 aliphatic carbocycles. The molecule has 136 valence electrons. The molecule has 0 saturated heterocycles. The second-order valence-electron chi connectivity index (χ2n) is 6.34. The number of carbonyl (C=O) groups excluding carboxylic acids is 1. The third kappa shape index (κ3) is 3.44. The van der Waals surface area contributed by atoms with Crippen LogP contribution in [0.2, 0.25) is 0 Å². The lowest BCUT2D eigenvalue weighted by atomic mass is 10.2. The molecule has 0 unspecified atom stereocenters. The van der Waals surface area contributed by atoms with Crippen LogP contribution >= 0.6 is 0 Å². The fourth-order valence-corrected chi connectivity index (χ4v) is 2.96. The second-order valence-corrected chi connectivity index (χ2v) is 6.34. The third-order valence-corrected chi connectivity index (χ3v) is 4.35. The van der Waals surface area contributed by atoms with Crippen LogP contribution in [0.25, 0.3) is 17.1 Å². The van der Waals surface area contributed by atoms with E-state index in [4.69, 9.17) is 4.42 Å². The predicted molar refractivity (Wildman–Crippen MR) is 99.9 cm³/mol. The number of rotatable bonds is 5. The zero-order valence-corrected chi connectivity index (χ0v) is 15.1. The van der Waals surface area contributed by atoms with E-state index in [1.54, 1.807) is 0 Å². The van der Waals surface area contributed by atoms with Gasteiger partial charge in [0.1, 0.15) is 5.76 Å². The number of nitrogens with one attached hydrogen (secondary N) is 1. The molecule has 1 aromatic carbocycles. The van der Waals surface area contributed by atoms with Crippen LogP contribution in [0.4, 0.5) is 0 Å². The number of aromatic nitrogens is 4. The largest absolute Gasteiger partial charge is 0.441 e. The minimum atomic E-state index is -0.282. The molecule has 0 saturated carbocycles. The van der Waals surface area contributed by atoms with Gasteiger partial charge in [0.05, 0.1) is 18.2 Å². The van der Waals surface area contributed by atoms with Crippen molar-refractivity contribution in [2.45, 2.75) is 26.3 Å². The van der Waals surface area contributed by atoms with Crippen LogP contribution in [-0.4, -0.2) is 25.5 Å². The van der Waals surface area contributed by atoms with E-state index in [9.17, 15) is 4.79 Å². The highest BCUT2D eigenvalue weighted by atomic mass is 16.4. The van der Waals surface area contributed by atoms with Gasteiger partial charge in [0.25, 0.3) is 0 Å². The normalized spacial score (nSPS) is 12.2. The number of hydrogen-bond donors (Lipinski definition) is 1. The molecular weight excluding hydrogens is 342 g/mol. The maximum Gasteiger partial charge on any atom is 0.226 e. The Bertz CT molecular complexity index is 1080. The van der Waals surface area contributed by atoms with E-state index in [0.29, 0.717) is 23.2 Å². The lowest BCUT2D eigenvalue weighted by molar-refractivity contribution is -0.121. The van der Waals surface area contributed by atoms with E-state index in [1.165, 1.54) is 0 Å². The summed E-state index contributed by atoms with van der Waals surface area (Å²) in [6, 6.07) is 15.0. The van der Waals surface area contributed by atoms with E-state index in [2.05, 4.69) is 20.5 Å². The Hall–Kier alpha value is -3.48. The van der Waals surface area contributed by atoms with E-state index in [1.807, 2.05) is 73.0 Å². The van der Waals surface area contributed by atoms with Crippen molar-refractivity contribution in [3.8, 4) is 11.5 Å². The highest BCUT2D eigenvalue weighted by molar-refractivity contribution is 5.78. The zero-order chi connectivity index (χ0) is 18.8. The Kier molecular flexibility index (Phi) is 4.42. The van der Waals surface area contributed by atoms with Crippen LogP contribution in [0.5, 0.6) is 0 Å². The first-order chi connectivity index (χ1) is 13.1. The zero-order valence-electron chi connectivity index (χ0n) is 15.1. The van der Waals surface area contributed by atoms with Crippen molar-refractivity contribution in [1.82, 2.24) is 24.9 Å². The van der Waals surface area contributed by atoms with Crippen molar-refractivity contribution >= 4 is 11.6 Å². The van der Waals surface area contributed by atoms with Gasteiger partial charge >= 0.3 is 0 Å². The summed E-state index contributed by atoms with van der Waals surface area (Å²) in [6.45, 7) is 3.70. The first-order valence-corrected chi connectivity index (χ1v) is 8.72. The summed E-state index contributed by atoms with van der Waals surface area (Å²) in [5.74, 6) is 1.70. The molecule has 1 atom stereocenters. The number of aryl methyl sites for hydroxylation is 1. The molecule has 1 N–H and O–H groups in total. The number of amides is 1. The maximum absolute atomic E-state index is 12.5. The molecule has 0 aliphatic heterocycles. The highest BCUT2D eigenvalue weighted by Crippen LogP contribution is 2.22. The second kappa shape index (κ2) is 7.03. The van der Waals surface area contributed by atoms with Crippen LogP contribution < -0.4 is 5.32 Å². The SMILES string of the molecule is Cc1oc(-c2ccccc2)nc1CC(=O)N[C@@H](C)c1nnc2ccccn12. The minimum Gasteiger partial charge on any atom is -0.441 e. The molecule has 1 amide bonds. The van der Waals surface area contributed by atoms with Gasteiger partial charge in [-0.15, -0.1) is 10.2 Å². The van der Waals surface area contributed by atoms with Crippen molar-refractivity contribution in [2.24, 2.45) is 0 Å². The number of carbonyl (C=O) groups is 1. The van der Waals surface area contributed by atoms with Crippen LogP contribution in [0.1, 0.15) is 30.2 Å². The molecular formula is C20H19N5O2. The molecule has 0 radical (unpaired) electrons. The lowest BCUT2D eigenvalue weighted by Gasteiger charge is -2.11. The van der Waals surface area contributed by atoms with Gasteiger partial charge in [0.2, 0.25) is 11.8 Å². The Morgan fingerprint density at radius 1 is 1.15 bits per heavy atom. The van der Waals surface area contributed by atoms with Gasteiger partial charge in [-0.25, -0.2) is 4.98 Å². The van der Waals surface area contributed by atoms with Crippen molar-refractivity contribution in [2.75, 3.05) is 0 Å². The summed E-state index contributed by atoms with van der Waals surface area (Å²) >= 11 is 0. The first-order valence-electron chi connectivity index (χ1n) is 8.72. The van der Waals surface area contributed by atoms with Gasteiger partial charge in [0, 0.05) is 11.8 Å². The monoisotopic (exact) mass is 361 g/mol. The van der Waals surface area contributed by atoms with Crippen molar-refractivity contribution in [3.63, 3.8) is 0 Å². The van der Waals surface area contributed by atoms with Crippen LogP contribution in [0, 0.1) is 6.92 Å². The number of hydrogen-bond acceptors (Lipinski definition) is 5. The van der Waals surface area contributed by atoms with E-state index in [0.717, 1.165) is 11.2 Å². The maximum atomic E-state index is 12.5. The van der Waals surface area contributed by atoms with E-state index < -0.39 is 0 Å². The molecule has 0 spiro atoms. The highest BCUT2D eigenvalue weighted by Gasteiger charge is 2.19. The Morgan fingerprint density at radius 2 is 1.93 bits per heavy atom. The summed E-state index contributed by atoms with van der Waals surface area (Å²) in [5.41, 5.74) is 2.26. The Balaban J connectivity index is 1.47. The van der Waals surface area contributed by atoms with Gasteiger partial charge in [-0.05, 0) is 38.1 Å². The van der Waals surface area contributed by atoms with Crippen LogP contribution in [0.15, 0.2) is 59.1 Å². The fraction of sp³-hybridized carbons (Fsp3) is 0.200. The van der Waals surface area contributed by atoms with Crippen LogP contribution in [0.3, 0.4) is 0 Å². The molecule has 3 aromatic heterocycles. The number of pyridine rings is 1. The average Bonchev–Trinajstić information content (AvgIpc) is 3.26. The number of fused-ring (bicyclic) bond motifs is 1. The molecule has 7 nitrogen and oxygen atoms in total. The van der Waals surface area contributed by atoms with Gasteiger partial charge in [-0.1, -0.05) is 24.3 Å². The molecule has 27 heavy (non-hydrogen) atoms. The van der Waals surface area contributed by atoms with E-state index in [-0.39, 0.29) is 18.4 Å². The molecule has 4 aromatic rings. The molecule has 7 heteroatoms. The van der Waals surface area contributed by atoms with Crippen LogP contribution in [-0.2, 0) is 11.2 Å². The summed E-state index contributed by atoms with van der Waals surface area (Å²) in [5, 5.41) is 11.3. The first kappa shape index (κ1) is 17.0. The summed E-state index contributed by atoms with van der Waals surface area (Å²) in [6.07, 6.45) is 2.02. The van der Waals surface area contributed by atoms with Crippen molar-refractivity contribution < 1.29 is 9.21 Å². The Labute approximate surface area is 156 Å². The van der Waals surface area contributed by atoms with Gasteiger partial charge in [-0.2, -0.15) is 0 Å². The van der Waals surface area contributed by atoms with Crippen molar-refractivity contribution in [3.05, 3.63) is 72.0 Å². The predicted octanol–water partition coefficient (Wildman–Crippen LogP) is 3.11. The Morgan fingerprint density at radius 3 is 2.74 bits per heavy atom. The lowest BCUT2D eigenvalue weighted by Crippen LogP contribution is -2.29. The molecule has 3 heterocycles. The minimum absolute atomic E-state index is 0.142. The fourth-order valence-electron chi connectivity index (χ4n) is 2.96. The average molecular weight is 361 g/mol.